The topological polar surface area (TPSA) is 138 Å². The van der Waals surface area contributed by atoms with Gasteiger partial charge in [-0.15, -0.1) is 0 Å². The maximum atomic E-state index is 13.0. The molecule has 1 unspecified atom stereocenters. The summed E-state index contributed by atoms with van der Waals surface area (Å²) in [7, 11) is -4.11. The number of urea groups is 1. The van der Waals surface area contributed by atoms with Crippen LogP contribution in [0.1, 0.15) is 19.3 Å². The lowest BCUT2D eigenvalue weighted by molar-refractivity contribution is -0.139. The number of para-hydroxylation sites is 1. The number of sulfonamides is 1. The van der Waals surface area contributed by atoms with Gasteiger partial charge in [-0.05, 0) is 61.7 Å². The van der Waals surface area contributed by atoms with Crippen molar-refractivity contribution in [3.05, 3.63) is 70.7 Å². The molecule has 2 amide bonds. The lowest BCUT2D eigenvalue weighted by atomic mass is 10.1. The molecule has 1 aromatic heterocycles. The van der Waals surface area contributed by atoms with Crippen molar-refractivity contribution >= 4 is 72.9 Å². The minimum Gasteiger partial charge on any atom is -0.480 e. The van der Waals surface area contributed by atoms with E-state index < -0.39 is 28.1 Å². The maximum absolute atomic E-state index is 13.0. The van der Waals surface area contributed by atoms with Crippen LogP contribution in [0.2, 0.25) is 10.0 Å². The summed E-state index contributed by atoms with van der Waals surface area (Å²) in [6, 6.07) is 14.5. The Kier molecular flexibility index (Phi) is 8.23. The van der Waals surface area contributed by atoms with Crippen LogP contribution in [-0.4, -0.2) is 38.1 Å². The number of benzene rings is 3. The summed E-state index contributed by atoms with van der Waals surface area (Å²) < 4.78 is 33.9. The first-order chi connectivity index (χ1) is 17.6. The van der Waals surface area contributed by atoms with E-state index in [0.29, 0.717) is 45.1 Å². The first-order valence-electron chi connectivity index (χ1n) is 11.3. The monoisotopic (exact) mass is 563 g/mol. The van der Waals surface area contributed by atoms with Crippen LogP contribution in [0, 0.1) is 0 Å². The quantitative estimate of drug-likeness (QED) is 0.185. The summed E-state index contributed by atoms with van der Waals surface area (Å²) >= 11 is 11.8. The van der Waals surface area contributed by atoms with E-state index in [0.717, 1.165) is 5.39 Å². The number of halogens is 2. The summed E-state index contributed by atoms with van der Waals surface area (Å²) in [5.41, 5.74) is 1.63. The second kappa shape index (κ2) is 11.4. The van der Waals surface area contributed by atoms with Crippen molar-refractivity contribution in [3.63, 3.8) is 0 Å². The molecule has 0 fully saturated rings. The summed E-state index contributed by atoms with van der Waals surface area (Å²) in [6.07, 6.45) is 0.840. The Bertz CT molecular complexity index is 1570. The number of hydrogen-bond acceptors (Lipinski definition) is 5. The van der Waals surface area contributed by atoms with Crippen LogP contribution >= 0.6 is 23.2 Å². The number of carboxylic acid groups (broad SMARTS) is 1. The van der Waals surface area contributed by atoms with E-state index >= 15 is 0 Å². The normalized spacial score (nSPS) is 12.5. The number of nitrogens with one attached hydrogen (secondary N) is 3. The second-order valence-corrected chi connectivity index (χ2v) is 10.8. The molecule has 0 saturated heterocycles. The number of carbonyl (C=O) groups excluding carboxylic acids is 1. The van der Waals surface area contributed by atoms with Crippen LogP contribution < -0.4 is 15.4 Å². The molecule has 0 bridgehead atoms. The van der Waals surface area contributed by atoms with Crippen LogP contribution in [0.4, 0.5) is 10.5 Å². The van der Waals surface area contributed by atoms with Crippen LogP contribution in [0.15, 0.2) is 70.0 Å². The van der Waals surface area contributed by atoms with Crippen molar-refractivity contribution in [2.75, 3.05) is 11.9 Å². The highest BCUT2D eigenvalue weighted by molar-refractivity contribution is 7.89. The van der Waals surface area contributed by atoms with Gasteiger partial charge in [-0.1, -0.05) is 41.4 Å². The first-order valence-corrected chi connectivity index (χ1v) is 13.5. The minimum atomic E-state index is -4.11. The van der Waals surface area contributed by atoms with E-state index in [-0.39, 0.29) is 17.9 Å². The molecule has 0 saturated carbocycles. The molecule has 3 aromatic carbocycles. The van der Waals surface area contributed by atoms with Crippen molar-refractivity contribution in [1.29, 1.82) is 0 Å². The Morgan fingerprint density at radius 2 is 1.68 bits per heavy atom. The molecule has 4 N–H and O–H groups in total. The van der Waals surface area contributed by atoms with E-state index in [9.17, 15) is 23.1 Å². The lowest BCUT2D eigenvalue weighted by Gasteiger charge is -2.15. The molecule has 194 valence electrons. The average Bonchev–Trinajstić information content (AvgIpc) is 3.23. The third-order valence-corrected chi connectivity index (χ3v) is 7.84. The van der Waals surface area contributed by atoms with Crippen LogP contribution in [0.3, 0.4) is 0 Å². The summed E-state index contributed by atoms with van der Waals surface area (Å²) in [5, 5.41) is 16.9. The zero-order chi connectivity index (χ0) is 26.6. The van der Waals surface area contributed by atoms with Crippen LogP contribution in [-0.2, 0) is 14.8 Å². The molecule has 0 aliphatic rings. The molecule has 37 heavy (non-hydrogen) atoms. The summed E-state index contributed by atoms with van der Waals surface area (Å²) in [6.45, 7) is 0.260. The van der Waals surface area contributed by atoms with Crippen molar-refractivity contribution in [2.45, 2.75) is 30.2 Å². The lowest BCUT2D eigenvalue weighted by Crippen LogP contribution is -2.40. The fourth-order valence-electron chi connectivity index (χ4n) is 3.79. The predicted molar refractivity (Wildman–Crippen MR) is 143 cm³/mol. The zero-order valence-corrected chi connectivity index (χ0v) is 21.7. The van der Waals surface area contributed by atoms with Crippen molar-refractivity contribution in [2.24, 2.45) is 0 Å². The third-order valence-electron chi connectivity index (χ3n) is 5.64. The smallest absolute Gasteiger partial charge is 0.321 e. The Labute approximate surface area is 222 Å². The Morgan fingerprint density at radius 3 is 2.43 bits per heavy atom. The van der Waals surface area contributed by atoms with Gasteiger partial charge in [-0.2, -0.15) is 4.72 Å². The van der Waals surface area contributed by atoms with Gasteiger partial charge in [0, 0.05) is 23.0 Å². The standard InChI is InChI=1S/C25H23Cl2N3O6S/c26-19-10-8-15(13-20(19)27)29-25(33)28-12-4-3-6-21(24(31)32)30-37(34,35)16-9-11-23-18(14-16)17-5-1-2-7-22(17)36-23/h1-2,5,7-11,13-14,21,30H,3-4,6,12H2,(H,31,32)(H2,28,29,33). The molecule has 0 radical (unpaired) electrons. The molecule has 4 rings (SSSR count). The number of aliphatic carboxylic acids is 1. The van der Waals surface area contributed by atoms with E-state index in [4.69, 9.17) is 27.6 Å². The SMILES string of the molecule is O=C(NCCCCC(NS(=O)(=O)c1ccc2oc3ccccc3c2c1)C(=O)O)Nc1ccc(Cl)c(Cl)c1. The van der Waals surface area contributed by atoms with Gasteiger partial charge in [0.1, 0.15) is 17.2 Å². The number of rotatable bonds is 10. The van der Waals surface area contributed by atoms with E-state index in [2.05, 4.69) is 15.4 Å². The third kappa shape index (κ3) is 6.53. The molecule has 0 aliphatic heterocycles. The van der Waals surface area contributed by atoms with Gasteiger partial charge < -0.3 is 20.2 Å². The molecular weight excluding hydrogens is 541 g/mol. The largest absolute Gasteiger partial charge is 0.480 e. The van der Waals surface area contributed by atoms with Gasteiger partial charge >= 0.3 is 12.0 Å². The van der Waals surface area contributed by atoms with Crippen molar-refractivity contribution in [3.8, 4) is 0 Å². The summed E-state index contributed by atoms with van der Waals surface area (Å²) in [5.74, 6) is -1.29. The van der Waals surface area contributed by atoms with Gasteiger partial charge in [0.25, 0.3) is 0 Å². The number of furan rings is 1. The molecule has 12 heteroatoms. The van der Waals surface area contributed by atoms with Crippen LogP contribution in [0.5, 0.6) is 0 Å². The Balaban J connectivity index is 1.31. The minimum absolute atomic E-state index is 0.0432. The van der Waals surface area contributed by atoms with Gasteiger partial charge in [-0.3, -0.25) is 4.79 Å². The Morgan fingerprint density at radius 1 is 0.919 bits per heavy atom. The number of unbranched alkanes of at least 4 members (excludes halogenated alkanes) is 1. The average molecular weight is 564 g/mol. The predicted octanol–water partition coefficient (Wildman–Crippen LogP) is 5.62. The molecule has 0 aliphatic carbocycles. The number of carboxylic acids is 1. The number of carbonyl (C=O) groups is 2. The fraction of sp³-hybridized carbons (Fsp3) is 0.200. The number of fused-ring (bicyclic) bond motifs is 3. The van der Waals surface area contributed by atoms with Gasteiger partial charge in [0.05, 0.1) is 14.9 Å². The number of anilines is 1. The first kappa shape index (κ1) is 26.7. The van der Waals surface area contributed by atoms with E-state index in [1.807, 2.05) is 18.2 Å². The number of amides is 2. The van der Waals surface area contributed by atoms with Crippen LogP contribution in [0.25, 0.3) is 21.9 Å². The fourth-order valence-corrected chi connectivity index (χ4v) is 5.33. The molecule has 0 spiro atoms. The number of hydrogen-bond donors (Lipinski definition) is 4. The second-order valence-electron chi connectivity index (χ2n) is 8.27. The zero-order valence-electron chi connectivity index (χ0n) is 19.3. The van der Waals surface area contributed by atoms with E-state index in [1.165, 1.54) is 18.2 Å². The molecule has 9 nitrogen and oxygen atoms in total. The molecule has 1 atom stereocenters. The molecule has 4 aromatic rings. The van der Waals surface area contributed by atoms with Crippen molar-refractivity contribution in [1.82, 2.24) is 10.0 Å². The summed E-state index contributed by atoms with van der Waals surface area (Å²) in [4.78, 5) is 23.7. The highest BCUT2D eigenvalue weighted by Gasteiger charge is 2.25. The van der Waals surface area contributed by atoms with Gasteiger partial charge in [0.2, 0.25) is 10.0 Å². The van der Waals surface area contributed by atoms with Gasteiger partial charge in [0.15, 0.2) is 0 Å². The maximum Gasteiger partial charge on any atom is 0.321 e. The highest BCUT2D eigenvalue weighted by atomic mass is 35.5. The highest BCUT2D eigenvalue weighted by Crippen LogP contribution is 2.30. The Hall–Kier alpha value is -3.31. The molecule has 1 heterocycles. The van der Waals surface area contributed by atoms with E-state index in [1.54, 1.807) is 24.3 Å². The molecular formula is C25H23Cl2N3O6S. The van der Waals surface area contributed by atoms with Gasteiger partial charge in [-0.25, -0.2) is 13.2 Å². The van der Waals surface area contributed by atoms with Crippen molar-refractivity contribution < 1.29 is 27.5 Å².